The first-order valence-electron chi connectivity index (χ1n) is 6.62. The number of carbonyl (C=O) groups is 2. The number of benzene rings is 1. The number of ether oxygens (including phenoxy) is 2. The van der Waals surface area contributed by atoms with Gasteiger partial charge in [0.1, 0.15) is 10.8 Å². The number of carbonyl (C=O) groups excluding carboxylic acids is 2. The minimum absolute atomic E-state index is 0.198. The third kappa shape index (κ3) is 2.48. The standard InChI is InChI=1S/C15H14N2O4S/c1-20-8-3-4-11-9(5-8)10(6-16-11)13(18)14-17-12(7-22-14)15(19)21-2/h3-6,12,16H,7H2,1-2H3/t12-/m0/s1. The molecule has 7 heteroatoms. The van der Waals surface area contributed by atoms with Crippen LogP contribution in [-0.4, -0.2) is 47.8 Å². The second kappa shape index (κ2) is 5.84. The summed E-state index contributed by atoms with van der Waals surface area (Å²) in [5.74, 6) is 0.487. The van der Waals surface area contributed by atoms with E-state index in [4.69, 9.17) is 4.74 Å². The van der Waals surface area contributed by atoms with Crippen LogP contribution in [0.1, 0.15) is 10.4 Å². The minimum Gasteiger partial charge on any atom is -0.497 e. The molecule has 2 heterocycles. The van der Waals surface area contributed by atoms with E-state index in [1.807, 2.05) is 12.1 Å². The van der Waals surface area contributed by atoms with E-state index in [-0.39, 0.29) is 5.78 Å². The summed E-state index contributed by atoms with van der Waals surface area (Å²) in [5, 5.41) is 1.10. The molecule has 0 amide bonds. The number of aromatic nitrogens is 1. The van der Waals surface area contributed by atoms with E-state index >= 15 is 0 Å². The number of thioether (sulfide) groups is 1. The topological polar surface area (TPSA) is 80.8 Å². The van der Waals surface area contributed by atoms with Crippen LogP contribution in [0.2, 0.25) is 0 Å². The molecular formula is C15H14N2O4S. The summed E-state index contributed by atoms with van der Waals surface area (Å²) in [6.45, 7) is 0. The first-order chi connectivity index (χ1) is 10.6. The Morgan fingerprint density at radius 3 is 2.91 bits per heavy atom. The summed E-state index contributed by atoms with van der Waals surface area (Å²) in [7, 11) is 2.89. The van der Waals surface area contributed by atoms with Crippen molar-refractivity contribution in [2.75, 3.05) is 20.0 Å². The zero-order valence-corrected chi connectivity index (χ0v) is 12.9. The zero-order chi connectivity index (χ0) is 15.7. The number of Topliss-reactive ketones (excluding diaryl/α,β-unsaturated/α-hetero) is 1. The normalized spacial score (nSPS) is 17.4. The molecule has 1 aliphatic rings. The molecule has 1 atom stereocenters. The van der Waals surface area contributed by atoms with Crippen molar-refractivity contribution >= 4 is 39.5 Å². The lowest BCUT2D eigenvalue weighted by Gasteiger charge is -2.01. The lowest BCUT2D eigenvalue weighted by molar-refractivity contribution is -0.141. The van der Waals surface area contributed by atoms with Gasteiger partial charge in [-0.2, -0.15) is 0 Å². The summed E-state index contributed by atoms with van der Waals surface area (Å²) < 4.78 is 9.85. The van der Waals surface area contributed by atoms with E-state index in [9.17, 15) is 9.59 Å². The molecule has 0 spiro atoms. The highest BCUT2D eigenvalue weighted by molar-refractivity contribution is 8.16. The van der Waals surface area contributed by atoms with Crippen LogP contribution in [0, 0.1) is 0 Å². The van der Waals surface area contributed by atoms with Gasteiger partial charge in [-0.05, 0) is 18.2 Å². The molecule has 0 fully saturated rings. The quantitative estimate of drug-likeness (QED) is 0.689. The van der Waals surface area contributed by atoms with Crippen molar-refractivity contribution in [1.29, 1.82) is 0 Å². The van der Waals surface area contributed by atoms with Crippen molar-refractivity contribution in [3.8, 4) is 5.75 Å². The number of nitrogens with zero attached hydrogens (tertiary/aromatic N) is 1. The Morgan fingerprint density at radius 1 is 1.36 bits per heavy atom. The van der Waals surface area contributed by atoms with E-state index in [0.29, 0.717) is 22.1 Å². The maximum Gasteiger partial charge on any atom is 0.331 e. The van der Waals surface area contributed by atoms with E-state index in [2.05, 4.69) is 14.7 Å². The smallest absolute Gasteiger partial charge is 0.331 e. The van der Waals surface area contributed by atoms with E-state index in [1.54, 1.807) is 19.4 Å². The molecule has 1 aromatic carbocycles. The van der Waals surface area contributed by atoms with Crippen molar-refractivity contribution in [2.24, 2.45) is 4.99 Å². The Labute approximate surface area is 130 Å². The van der Waals surface area contributed by atoms with Gasteiger partial charge in [-0.1, -0.05) is 0 Å². The highest BCUT2D eigenvalue weighted by atomic mass is 32.2. The first kappa shape index (κ1) is 14.6. The number of H-pyrrole nitrogens is 1. The van der Waals surface area contributed by atoms with Gasteiger partial charge in [0.15, 0.2) is 6.04 Å². The van der Waals surface area contributed by atoms with E-state index in [0.717, 1.165) is 10.9 Å². The number of fused-ring (bicyclic) bond motifs is 1. The molecule has 0 saturated carbocycles. The van der Waals surface area contributed by atoms with Crippen LogP contribution in [0.5, 0.6) is 5.75 Å². The Morgan fingerprint density at radius 2 is 2.18 bits per heavy atom. The molecule has 3 rings (SSSR count). The maximum atomic E-state index is 12.6. The molecule has 2 aromatic rings. The lowest BCUT2D eigenvalue weighted by Crippen LogP contribution is -2.20. The Hall–Kier alpha value is -2.28. The van der Waals surface area contributed by atoms with E-state index < -0.39 is 12.0 Å². The van der Waals surface area contributed by atoms with Crippen molar-refractivity contribution in [2.45, 2.75) is 6.04 Å². The fraction of sp³-hybridized carbons (Fsp3) is 0.267. The second-order valence-electron chi connectivity index (χ2n) is 4.73. The van der Waals surface area contributed by atoms with Gasteiger partial charge in [-0.15, -0.1) is 11.8 Å². The van der Waals surface area contributed by atoms with Gasteiger partial charge in [0.2, 0.25) is 5.78 Å². The van der Waals surface area contributed by atoms with Gasteiger partial charge in [-0.3, -0.25) is 9.79 Å². The molecule has 22 heavy (non-hydrogen) atoms. The van der Waals surface area contributed by atoms with Crippen molar-refractivity contribution in [1.82, 2.24) is 4.98 Å². The molecule has 6 nitrogen and oxygen atoms in total. The third-order valence-corrected chi connectivity index (χ3v) is 4.50. The predicted octanol–water partition coefficient (Wildman–Crippen LogP) is 2.05. The SMILES string of the molecule is COC(=O)[C@@H]1CSC(C(=O)c2c[nH]c3ccc(OC)cc23)=N1. The molecule has 0 radical (unpaired) electrons. The molecule has 114 valence electrons. The van der Waals surface area contributed by atoms with Gasteiger partial charge < -0.3 is 14.5 Å². The van der Waals surface area contributed by atoms with Crippen LogP contribution in [0.3, 0.4) is 0 Å². The minimum atomic E-state index is -0.603. The Bertz CT molecular complexity index is 781. The summed E-state index contributed by atoms with van der Waals surface area (Å²) in [6, 6.07) is 4.87. The monoisotopic (exact) mass is 318 g/mol. The number of aliphatic imine (C=N–C) groups is 1. The molecule has 0 saturated heterocycles. The molecular weight excluding hydrogens is 304 g/mol. The maximum absolute atomic E-state index is 12.6. The van der Waals surface area contributed by atoms with Crippen LogP contribution < -0.4 is 4.74 Å². The fourth-order valence-corrected chi connectivity index (χ4v) is 3.25. The van der Waals surface area contributed by atoms with Crippen LogP contribution in [0.25, 0.3) is 10.9 Å². The molecule has 1 aliphatic heterocycles. The molecule has 1 N–H and O–H groups in total. The van der Waals surface area contributed by atoms with Gasteiger partial charge in [0, 0.05) is 22.9 Å². The van der Waals surface area contributed by atoms with Gasteiger partial charge in [0.05, 0.1) is 19.8 Å². The predicted molar refractivity (Wildman–Crippen MR) is 84.9 cm³/mol. The van der Waals surface area contributed by atoms with Gasteiger partial charge >= 0.3 is 5.97 Å². The molecule has 0 bridgehead atoms. The third-order valence-electron chi connectivity index (χ3n) is 3.45. The van der Waals surface area contributed by atoms with Crippen molar-refractivity contribution < 1.29 is 19.1 Å². The number of rotatable bonds is 4. The number of methoxy groups -OCH3 is 2. The Kier molecular flexibility index (Phi) is 3.89. The highest BCUT2D eigenvalue weighted by Gasteiger charge is 2.30. The average Bonchev–Trinajstić information content (AvgIpc) is 3.19. The number of aromatic amines is 1. The number of hydrogen-bond donors (Lipinski definition) is 1. The van der Waals surface area contributed by atoms with Crippen molar-refractivity contribution in [3.05, 3.63) is 30.0 Å². The van der Waals surface area contributed by atoms with Gasteiger partial charge in [-0.25, -0.2) is 4.79 Å². The van der Waals surface area contributed by atoms with E-state index in [1.165, 1.54) is 18.9 Å². The number of ketones is 1. The second-order valence-corrected chi connectivity index (χ2v) is 5.74. The zero-order valence-electron chi connectivity index (χ0n) is 12.1. The van der Waals surface area contributed by atoms with Crippen LogP contribution in [0.4, 0.5) is 0 Å². The lowest BCUT2D eigenvalue weighted by atomic mass is 10.1. The first-order valence-corrected chi connectivity index (χ1v) is 7.61. The highest BCUT2D eigenvalue weighted by Crippen LogP contribution is 2.27. The summed E-state index contributed by atoms with van der Waals surface area (Å²) in [6.07, 6.45) is 1.65. The number of nitrogens with one attached hydrogen (secondary N) is 1. The number of hydrogen-bond acceptors (Lipinski definition) is 6. The Balaban J connectivity index is 1.94. The summed E-state index contributed by atoms with van der Waals surface area (Å²) in [5.41, 5.74) is 1.36. The van der Waals surface area contributed by atoms with Crippen LogP contribution in [0.15, 0.2) is 29.4 Å². The molecule has 1 aromatic heterocycles. The van der Waals surface area contributed by atoms with Crippen LogP contribution >= 0.6 is 11.8 Å². The summed E-state index contributed by atoms with van der Waals surface area (Å²) in [4.78, 5) is 31.3. The largest absolute Gasteiger partial charge is 0.497 e. The van der Waals surface area contributed by atoms with Crippen molar-refractivity contribution in [3.63, 3.8) is 0 Å². The fourth-order valence-electron chi connectivity index (χ4n) is 2.28. The average molecular weight is 318 g/mol. The molecule has 0 aliphatic carbocycles. The van der Waals surface area contributed by atoms with Gasteiger partial charge in [0.25, 0.3) is 0 Å². The summed E-state index contributed by atoms with van der Waals surface area (Å²) >= 11 is 1.27. The molecule has 0 unspecified atom stereocenters. The van der Waals surface area contributed by atoms with Crippen LogP contribution in [-0.2, 0) is 9.53 Å². The number of esters is 1.